The lowest BCUT2D eigenvalue weighted by molar-refractivity contribution is 0.0690. The minimum atomic E-state index is -1.03. The van der Waals surface area contributed by atoms with Gasteiger partial charge in [0.15, 0.2) is 5.69 Å². The van der Waals surface area contributed by atoms with Crippen molar-refractivity contribution in [1.29, 1.82) is 0 Å². The number of halogens is 1. The molecule has 1 N–H and O–H groups in total. The molecule has 1 aromatic heterocycles. The maximum atomic E-state index is 11.0. The van der Waals surface area contributed by atoms with Crippen molar-refractivity contribution < 1.29 is 9.90 Å². The van der Waals surface area contributed by atoms with Gasteiger partial charge in [-0.05, 0) is 36.8 Å². The number of hydrogen-bond donors (Lipinski definition) is 1. The summed E-state index contributed by atoms with van der Waals surface area (Å²) in [6.07, 6.45) is 0. The Bertz CT molecular complexity index is 614. The number of rotatable bonds is 4. The molecule has 1 heterocycles. The largest absolute Gasteiger partial charge is 0.477 e. The van der Waals surface area contributed by atoms with Crippen molar-refractivity contribution in [2.24, 2.45) is 0 Å². The average Bonchev–Trinajstić information content (AvgIpc) is 2.46. The predicted molar refractivity (Wildman–Crippen MR) is 79.5 cm³/mol. The molecule has 0 aliphatic carbocycles. The minimum absolute atomic E-state index is 0.0395. The third kappa shape index (κ3) is 3.08. The van der Waals surface area contributed by atoms with E-state index in [0.29, 0.717) is 10.8 Å². The number of hydrogen-bond acceptors (Lipinski definition) is 3. The first-order chi connectivity index (χ1) is 9.49. The molecule has 2 rings (SSSR count). The second kappa shape index (κ2) is 5.92. The lowest BCUT2D eigenvalue weighted by atomic mass is 10.1. The quantitative estimate of drug-likeness (QED) is 0.934. The van der Waals surface area contributed by atoms with Gasteiger partial charge >= 0.3 is 5.97 Å². The van der Waals surface area contributed by atoms with Gasteiger partial charge in [-0.1, -0.05) is 29.8 Å². The topological polar surface area (TPSA) is 53.4 Å². The van der Waals surface area contributed by atoms with Crippen LogP contribution in [0, 0.1) is 0 Å². The molecule has 0 amide bonds. The third-order valence-electron chi connectivity index (χ3n) is 3.25. The first-order valence-electron chi connectivity index (χ1n) is 6.17. The molecule has 0 aliphatic heterocycles. The molecule has 0 spiro atoms. The molecule has 2 aromatic rings. The predicted octanol–water partition coefficient (Wildman–Crippen LogP) is 3.63. The molecule has 1 aromatic carbocycles. The van der Waals surface area contributed by atoms with E-state index in [9.17, 15) is 4.79 Å². The summed E-state index contributed by atoms with van der Waals surface area (Å²) >= 11 is 5.88. The Morgan fingerprint density at radius 3 is 2.50 bits per heavy atom. The number of carboxylic acids is 1. The summed E-state index contributed by atoms with van der Waals surface area (Å²) in [5, 5.41) is 9.67. The molecule has 1 atom stereocenters. The second-order valence-electron chi connectivity index (χ2n) is 4.52. The van der Waals surface area contributed by atoms with E-state index in [1.54, 1.807) is 12.1 Å². The van der Waals surface area contributed by atoms with E-state index in [0.717, 1.165) is 5.56 Å². The zero-order valence-electron chi connectivity index (χ0n) is 11.2. The van der Waals surface area contributed by atoms with Crippen molar-refractivity contribution in [3.05, 3.63) is 58.7 Å². The number of carbonyl (C=O) groups is 1. The van der Waals surface area contributed by atoms with E-state index < -0.39 is 5.97 Å². The van der Waals surface area contributed by atoms with Crippen LogP contribution in [0.15, 0.2) is 42.5 Å². The van der Waals surface area contributed by atoms with Gasteiger partial charge in [0.1, 0.15) is 5.82 Å². The van der Waals surface area contributed by atoms with Crippen LogP contribution in [0.2, 0.25) is 5.02 Å². The Labute approximate surface area is 122 Å². The number of aromatic nitrogens is 1. The zero-order chi connectivity index (χ0) is 14.7. The number of aromatic carboxylic acids is 1. The SMILES string of the molecule is CC(c1ccc(Cl)cc1)N(C)c1cccc(C(=O)O)n1. The first kappa shape index (κ1) is 14.3. The molecule has 0 fully saturated rings. The van der Waals surface area contributed by atoms with Crippen molar-refractivity contribution in [1.82, 2.24) is 4.98 Å². The van der Waals surface area contributed by atoms with Crippen molar-refractivity contribution in [3.63, 3.8) is 0 Å². The average molecular weight is 291 g/mol. The van der Waals surface area contributed by atoms with Crippen LogP contribution in [0.1, 0.15) is 29.0 Å². The van der Waals surface area contributed by atoms with Crippen molar-refractivity contribution in [2.75, 3.05) is 11.9 Å². The highest BCUT2D eigenvalue weighted by molar-refractivity contribution is 6.30. The van der Waals surface area contributed by atoms with Crippen LogP contribution >= 0.6 is 11.6 Å². The maximum absolute atomic E-state index is 11.0. The molecular weight excluding hydrogens is 276 g/mol. The van der Waals surface area contributed by atoms with E-state index >= 15 is 0 Å². The summed E-state index contributed by atoms with van der Waals surface area (Å²) in [6.45, 7) is 2.03. The van der Waals surface area contributed by atoms with E-state index in [2.05, 4.69) is 4.98 Å². The van der Waals surface area contributed by atoms with E-state index in [1.807, 2.05) is 43.1 Å². The molecule has 0 radical (unpaired) electrons. The normalized spacial score (nSPS) is 11.9. The van der Waals surface area contributed by atoms with Gasteiger partial charge in [0, 0.05) is 12.1 Å². The fraction of sp³-hybridized carbons (Fsp3) is 0.200. The molecule has 0 aliphatic rings. The molecule has 104 valence electrons. The van der Waals surface area contributed by atoms with Gasteiger partial charge in [-0.15, -0.1) is 0 Å². The molecule has 1 unspecified atom stereocenters. The zero-order valence-corrected chi connectivity index (χ0v) is 12.0. The van der Waals surface area contributed by atoms with Gasteiger partial charge in [0.05, 0.1) is 6.04 Å². The van der Waals surface area contributed by atoms with Gasteiger partial charge in [0.25, 0.3) is 0 Å². The number of anilines is 1. The molecule has 20 heavy (non-hydrogen) atoms. The molecule has 4 nitrogen and oxygen atoms in total. The van der Waals surface area contributed by atoms with Crippen LogP contribution in [0.4, 0.5) is 5.82 Å². The highest BCUT2D eigenvalue weighted by atomic mass is 35.5. The monoisotopic (exact) mass is 290 g/mol. The fourth-order valence-corrected chi connectivity index (χ4v) is 2.03. The van der Waals surface area contributed by atoms with E-state index in [-0.39, 0.29) is 11.7 Å². The van der Waals surface area contributed by atoms with Crippen molar-refractivity contribution in [3.8, 4) is 0 Å². The van der Waals surface area contributed by atoms with Gasteiger partial charge in [0.2, 0.25) is 0 Å². The number of benzene rings is 1. The number of carboxylic acid groups (broad SMARTS) is 1. The van der Waals surface area contributed by atoms with Crippen LogP contribution in [0.5, 0.6) is 0 Å². The molecule has 5 heteroatoms. The lowest BCUT2D eigenvalue weighted by Crippen LogP contribution is -2.23. The van der Waals surface area contributed by atoms with Crippen LogP contribution in [-0.2, 0) is 0 Å². The minimum Gasteiger partial charge on any atom is -0.477 e. The summed E-state index contributed by atoms with van der Waals surface area (Å²) < 4.78 is 0. The second-order valence-corrected chi connectivity index (χ2v) is 4.96. The highest BCUT2D eigenvalue weighted by Gasteiger charge is 2.15. The van der Waals surface area contributed by atoms with Gasteiger partial charge in [-0.3, -0.25) is 0 Å². The fourth-order valence-electron chi connectivity index (χ4n) is 1.90. The Morgan fingerprint density at radius 1 is 1.25 bits per heavy atom. The summed E-state index contributed by atoms with van der Waals surface area (Å²) in [6, 6.07) is 12.6. The van der Waals surface area contributed by atoms with Crippen molar-refractivity contribution in [2.45, 2.75) is 13.0 Å². The van der Waals surface area contributed by atoms with Gasteiger partial charge < -0.3 is 10.0 Å². The lowest BCUT2D eigenvalue weighted by Gasteiger charge is -2.26. The van der Waals surface area contributed by atoms with Gasteiger partial charge in [-0.25, -0.2) is 9.78 Å². The highest BCUT2D eigenvalue weighted by Crippen LogP contribution is 2.24. The van der Waals surface area contributed by atoms with Crippen LogP contribution in [-0.4, -0.2) is 23.1 Å². The Morgan fingerprint density at radius 2 is 1.90 bits per heavy atom. The summed E-state index contributed by atoms with van der Waals surface area (Å²) in [5.41, 5.74) is 1.12. The van der Waals surface area contributed by atoms with Gasteiger partial charge in [-0.2, -0.15) is 0 Å². The molecule has 0 saturated carbocycles. The molecular formula is C15H15ClN2O2. The molecule has 0 bridgehead atoms. The third-order valence-corrected chi connectivity index (χ3v) is 3.50. The Hall–Kier alpha value is -2.07. The standard InChI is InChI=1S/C15H15ClN2O2/c1-10(11-6-8-12(16)9-7-11)18(2)14-5-3-4-13(17-14)15(19)20/h3-10H,1-2H3,(H,19,20). The molecule has 0 saturated heterocycles. The number of pyridine rings is 1. The summed E-state index contributed by atoms with van der Waals surface area (Å²) in [5.74, 6) is -0.410. The van der Waals surface area contributed by atoms with Crippen molar-refractivity contribution >= 4 is 23.4 Å². The number of nitrogens with zero attached hydrogens (tertiary/aromatic N) is 2. The smallest absolute Gasteiger partial charge is 0.354 e. The van der Waals surface area contributed by atoms with Crippen LogP contribution < -0.4 is 4.90 Å². The van der Waals surface area contributed by atoms with Crippen LogP contribution in [0.3, 0.4) is 0 Å². The summed E-state index contributed by atoms with van der Waals surface area (Å²) in [7, 11) is 1.88. The Kier molecular flexibility index (Phi) is 4.25. The first-order valence-corrected chi connectivity index (χ1v) is 6.55. The Balaban J connectivity index is 2.26. The summed E-state index contributed by atoms with van der Waals surface area (Å²) in [4.78, 5) is 17.0. The van der Waals surface area contributed by atoms with E-state index in [1.165, 1.54) is 6.07 Å². The maximum Gasteiger partial charge on any atom is 0.354 e. The van der Waals surface area contributed by atoms with E-state index in [4.69, 9.17) is 16.7 Å². The van der Waals surface area contributed by atoms with Crippen LogP contribution in [0.25, 0.3) is 0 Å².